The normalized spacial score (nSPS) is 13.3. The lowest BCUT2D eigenvalue weighted by atomic mass is 9.37. The van der Waals surface area contributed by atoms with Crippen LogP contribution in [-0.2, 0) is 5.16 Å². The Hall–Kier alpha value is -3.63. The standard InChI is InChI=1S/C20H24N2Si.C15H15B/c1-17(2)15-23-20(22-14-13-21-16-22,18-9-5-3-6-10-18)19-11-7-4-8-12-19;1-3-7-13(8-4-1)16(15-11-12-15)14-9-5-2-6-10-14/h3-14,16-17H,15,23H2,1-2H3;1-10,15H,11-12H2. The third-order valence-corrected chi connectivity index (χ3v) is 11.3. The number of aromatic nitrogens is 2. The second kappa shape index (κ2) is 12.9. The molecule has 0 amide bonds. The van der Waals surface area contributed by atoms with Gasteiger partial charge in [0.15, 0.2) is 0 Å². The van der Waals surface area contributed by atoms with Crippen molar-refractivity contribution in [2.45, 2.75) is 43.7 Å². The van der Waals surface area contributed by atoms with Crippen molar-refractivity contribution in [2.24, 2.45) is 5.92 Å². The first kappa shape index (κ1) is 27.0. The fourth-order valence-corrected chi connectivity index (χ4v) is 8.27. The van der Waals surface area contributed by atoms with Gasteiger partial charge in [0.05, 0.1) is 21.0 Å². The topological polar surface area (TPSA) is 17.8 Å². The van der Waals surface area contributed by atoms with E-state index < -0.39 is 9.52 Å². The summed E-state index contributed by atoms with van der Waals surface area (Å²) in [6.45, 7) is 5.26. The van der Waals surface area contributed by atoms with Crippen LogP contribution in [0.4, 0.5) is 0 Å². The van der Waals surface area contributed by atoms with Crippen LogP contribution in [0.15, 0.2) is 140 Å². The molecule has 0 bridgehead atoms. The van der Waals surface area contributed by atoms with Crippen LogP contribution in [0.5, 0.6) is 0 Å². The number of imidazole rings is 1. The first-order valence-electron chi connectivity index (χ1n) is 14.4. The van der Waals surface area contributed by atoms with E-state index in [1.54, 1.807) is 0 Å². The number of benzene rings is 4. The van der Waals surface area contributed by atoms with Crippen molar-refractivity contribution < 1.29 is 0 Å². The highest BCUT2D eigenvalue weighted by atomic mass is 28.2. The van der Waals surface area contributed by atoms with Crippen LogP contribution in [0.2, 0.25) is 11.9 Å². The Morgan fingerprint density at radius 3 is 1.59 bits per heavy atom. The predicted molar refractivity (Wildman–Crippen MR) is 170 cm³/mol. The summed E-state index contributed by atoms with van der Waals surface area (Å²) in [6.07, 6.45) is 8.76. The molecule has 0 saturated heterocycles. The molecule has 0 aliphatic heterocycles. The van der Waals surface area contributed by atoms with Gasteiger partial charge in [-0.25, -0.2) is 4.98 Å². The van der Waals surface area contributed by atoms with E-state index in [4.69, 9.17) is 0 Å². The van der Waals surface area contributed by atoms with Gasteiger partial charge in [0.25, 0.3) is 0 Å². The highest BCUT2D eigenvalue weighted by Crippen LogP contribution is 2.38. The van der Waals surface area contributed by atoms with Gasteiger partial charge in [-0.2, -0.15) is 0 Å². The molecule has 1 fully saturated rings. The van der Waals surface area contributed by atoms with Gasteiger partial charge in [-0.1, -0.05) is 171 Å². The minimum Gasteiger partial charge on any atom is -0.327 e. The number of hydrogen-bond donors (Lipinski definition) is 0. The van der Waals surface area contributed by atoms with Crippen LogP contribution in [0, 0.1) is 5.92 Å². The molecule has 0 unspecified atom stereocenters. The van der Waals surface area contributed by atoms with E-state index in [1.165, 1.54) is 40.9 Å². The Balaban J connectivity index is 0.000000168. The summed E-state index contributed by atoms with van der Waals surface area (Å²) in [4.78, 5) is 4.35. The van der Waals surface area contributed by atoms with E-state index in [0.29, 0.717) is 6.71 Å². The summed E-state index contributed by atoms with van der Waals surface area (Å²) >= 11 is 0. The van der Waals surface area contributed by atoms with E-state index in [0.717, 1.165) is 11.7 Å². The minimum absolute atomic E-state index is 0.0662. The zero-order valence-electron chi connectivity index (χ0n) is 23.2. The predicted octanol–water partition coefficient (Wildman–Crippen LogP) is 6.34. The molecule has 6 rings (SSSR count). The number of nitrogens with zero attached hydrogens (tertiary/aromatic N) is 2. The first-order chi connectivity index (χ1) is 19.2. The molecule has 1 aliphatic rings. The zero-order valence-corrected chi connectivity index (χ0v) is 24.6. The van der Waals surface area contributed by atoms with Crippen LogP contribution in [0.3, 0.4) is 0 Å². The third kappa shape index (κ3) is 6.51. The lowest BCUT2D eigenvalue weighted by Gasteiger charge is -2.37. The maximum Gasteiger partial charge on any atom is 0.212 e. The summed E-state index contributed by atoms with van der Waals surface area (Å²) < 4.78 is 2.33. The molecule has 0 N–H and O–H groups in total. The van der Waals surface area contributed by atoms with Gasteiger partial charge in [-0.15, -0.1) is 0 Å². The molecule has 2 nitrogen and oxygen atoms in total. The quantitative estimate of drug-likeness (QED) is 0.205. The monoisotopic (exact) mass is 526 g/mol. The maximum atomic E-state index is 4.35. The molecule has 4 aromatic carbocycles. The van der Waals surface area contributed by atoms with Gasteiger partial charge in [0, 0.05) is 12.4 Å². The highest BCUT2D eigenvalue weighted by molar-refractivity contribution is 6.86. The summed E-state index contributed by atoms with van der Waals surface area (Å²) in [6, 6.07) is 44.9. The first-order valence-corrected chi connectivity index (χ1v) is 16.1. The van der Waals surface area contributed by atoms with E-state index in [9.17, 15) is 0 Å². The van der Waals surface area contributed by atoms with Gasteiger partial charge in [-0.05, 0) is 17.0 Å². The lowest BCUT2D eigenvalue weighted by Crippen LogP contribution is -2.42. The molecule has 4 heteroatoms. The Morgan fingerprint density at radius 2 is 1.21 bits per heavy atom. The van der Waals surface area contributed by atoms with Gasteiger partial charge >= 0.3 is 0 Å². The average molecular weight is 527 g/mol. The Bertz CT molecular complexity index is 1290. The van der Waals surface area contributed by atoms with Crippen LogP contribution in [0.1, 0.15) is 37.8 Å². The summed E-state index contributed by atoms with van der Waals surface area (Å²) in [5.41, 5.74) is 5.68. The SMILES string of the molecule is CC(C)C[SiH2]C(c1ccccc1)(c1ccccc1)n1ccnc1.c1ccc(B(c2ccccc2)C2CC2)cc1. The molecule has 0 atom stereocenters. The van der Waals surface area contributed by atoms with E-state index in [-0.39, 0.29) is 5.16 Å². The van der Waals surface area contributed by atoms with E-state index >= 15 is 0 Å². The van der Waals surface area contributed by atoms with Crippen LogP contribution in [0.25, 0.3) is 0 Å². The second-order valence-electron chi connectivity index (χ2n) is 11.1. The third-order valence-electron chi connectivity index (χ3n) is 7.94. The molecule has 1 aromatic heterocycles. The highest BCUT2D eigenvalue weighted by Gasteiger charge is 2.37. The molecule has 0 spiro atoms. The molecule has 5 aromatic rings. The molecular weight excluding hydrogens is 487 g/mol. The smallest absolute Gasteiger partial charge is 0.212 e. The molecular formula is C35H39BN2Si. The van der Waals surface area contributed by atoms with Crippen LogP contribution < -0.4 is 10.9 Å². The Kier molecular flexibility index (Phi) is 8.95. The van der Waals surface area contributed by atoms with Crippen LogP contribution >= 0.6 is 0 Å². The van der Waals surface area contributed by atoms with Crippen LogP contribution in [-0.4, -0.2) is 25.8 Å². The lowest BCUT2D eigenvalue weighted by molar-refractivity contribution is 0.581. The second-order valence-corrected chi connectivity index (χ2v) is 13.2. The Labute approximate surface area is 237 Å². The van der Waals surface area contributed by atoms with Gasteiger partial charge in [-0.3, -0.25) is 0 Å². The van der Waals surface area contributed by atoms with E-state index in [2.05, 4.69) is 151 Å². The molecule has 39 heavy (non-hydrogen) atoms. The summed E-state index contributed by atoms with van der Waals surface area (Å²) in [5, 5.41) is -0.0662. The van der Waals surface area contributed by atoms with Gasteiger partial charge in [0.2, 0.25) is 6.71 Å². The van der Waals surface area contributed by atoms with Crippen molar-refractivity contribution in [2.75, 3.05) is 0 Å². The van der Waals surface area contributed by atoms with Gasteiger partial charge in [0.1, 0.15) is 0 Å². The molecule has 1 heterocycles. The zero-order chi connectivity index (χ0) is 26.9. The van der Waals surface area contributed by atoms with Gasteiger partial charge < -0.3 is 4.57 Å². The largest absolute Gasteiger partial charge is 0.327 e. The van der Waals surface area contributed by atoms with Crippen molar-refractivity contribution in [3.05, 3.63) is 151 Å². The maximum absolute atomic E-state index is 4.35. The Morgan fingerprint density at radius 1 is 0.744 bits per heavy atom. The summed E-state index contributed by atoms with van der Waals surface area (Å²) in [5.74, 6) is 1.58. The van der Waals surface area contributed by atoms with E-state index in [1.807, 2.05) is 12.5 Å². The summed E-state index contributed by atoms with van der Waals surface area (Å²) in [7, 11) is -0.472. The van der Waals surface area contributed by atoms with Crippen molar-refractivity contribution in [1.29, 1.82) is 0 Å². The molecule has 1 aliphatic carbocycles. The average Bonchev–Trinajstić information content (AvgIpc) is 3.67. The van der Waals surface area contributed by atoms with Crippen molar-refractivity contribution in [3.63, 3.8) is 0 Å². The molecule has 1 saturated carbocycles. The molecule has 0 radical (unpaired) electrons. The van der Waals surface area contributed by atoms with Crippen molar-refractivity contribution in [3.8, 4) is 0 Å². The minimum atomic E-state index is -0.472. The number of hydrogen-bond acceptors (Lipinski definition) is 1. The number of rotatable bonds is 9. The van der Waals surface area contributed by atoms with Crippen molar-refractivity contribution in [1.82, 2.24) is 9.55 Å². The molecule has 196 valence electrons. The fourth-order valence-electron chi connectivity index (χ4n) is 5.78. The van der Waals surface area contributed by atoms with Crippen molar-refractivity contribution >= 4 is 27.2 Å². The fraction of sp³-hybridized carbons (Fsp3) is 0.229.